The Bertz CT molecular complexity index is 433. The molecule has 0 unspecified atom stereocenters. The van der Waals surface area contributed by atoms with Crippen molar-refractivity contribution in [3.05, 3.63) is 29.6 Å². The van der Waals surface area contributed by atoms with Crippen LogP contribution in [0.25, 0.3) is 0 Å². The summed E-state index contributed by atoms with van der Waals surface area (Å²) in [4.78, 5) is 0. The second-order valence-electron chi connectivity index (χ2n) is 4.64. The molecule has 1 N–H and O–H groups in total. The third-order valence-corrected chi connectivity index (χ3v) is 2.42. The smallest absolute Gasteiger partial charge is 0.128 e. The van der Waals surface area contributed by atoms with E-state index in [0.717, 1.165) is 0 Å². The molecule has 5 heteroatoms. The lowest BCUT2D eigenvalue weighted by Crippen LogP contribution is -2.11. The Morgan fingerprint density at radius 1 is 1.37 bits per heavy atom. The highest BCUT2D eigenvalue weighted by atomic mass is 19.1. The predicted octanol–water partition coefficient (Wildman–Crippen LogP) is 3.08. The second kappa shape index (κ2) is 7.74. The van der Waals surface area contributed by atoms with Gasteiger partial charge in [-0.05, 0) is 31.0 Å². The topological polar surface area (TPSA) is 51.1 Å². The molecule has 1 aromatic carbocycles. The summed E-state index contributed by atoms with van der Waals surface area (Å²) in [6.45, 7) is 7.22. The van der Waals surface area contributed by atoms with Crippen LogP contribution in [-0.2, 0) is 4.74 Å². The Morgan fingerprint density at radius 2 is 2.11 bits per heavy atom. The summed E-state index contributed by atoms with van der Waals surface area (Å²) in [5.74, 6) is 0.552. The number of hydrogen-bond donors (Lipinski definition) is 1. The van der Waals surface area contributed by atoms with Gasteiger partial charge in [-0.2, -0.15) is 0 Å². The third kappa shape index (κ3) is 5.26. The molecule has 19 heavy (non-hydrogen) atoms. The Kier molecular flexibility index (Phi) is 6.29. The van der Waals surface area contributed by atoms with Gasteiger partial charge in [-0.3, -0.25) is 0 Å². The SMILES string of the molecule is C/C(=N\O)c1cc(F)ccc1OCCOCC(C)C. The molecule has 0 aliphatic heterocycles. The number of halogens is 1. The summed E-state index contributed by atoms with van der Waals surface area (Å²) < 4.78 is 24.1. The van der Waals surface area contributed by atoms with Crippen LogP contribution in [0.15, 0.2) is 23.4 Å². The maximum atomic E-state index is 13.2. The van der Waals surface area contributed by atoms with Crippen LogP contribution in [0.5, 0.6) is 5.75 Å². The first-order valence-electron chi connectivity index (χ1n) is 6.23. The van der Waals surface area contributed by atoms with E-state index in [-0.39, 0.29) is 0 Å². The van der Waals surface area contributed by atoms with Gasteiger partial charge in [-0.25, -0.2) is 4.39 Å². The summed E-state index contributed by atoms with van der Waals surface area (Å²) in [5.41, 5.74) is 0.740. The molecule has 0 spiro atoms. The highest BCUT2D eigenvalue weighted by molar-refractivity contribution is 6.00. The molecule has 0 saturated carbocycles. The molecular weight excluding hydrogens is 249 g/mol. The molecule has 0 radical (unpaired) electrons. The van der Waals surface area contributed by atoms with Gasteiger partial charge in [0.05, 0.1) is 12.3 Å². The first-order chi connectivity index (χ1) is 9.04. The fraction of sp³-hybridized carbons (Fsp3) is 0.500. The lowest BCUT2D eigenvalue weighted by atomic mass is 10.1. The number of oxime groups is 1. The monoisotopic (exact) mass is 269 g/mol. The quantitative estimate of drug-likeness (QED) is 0.358. The van der Waals surface area contributed by atoms with Gasteiger partial charge in [-0.15, -0.1) is 0 Å². The molecule has 0 fully saturated rings. The van der Waals surface area contributed by atoms with E-state index in [0.29, 0.717) is 42.8 Å². The highest BCUT2D eigenvalue weighted by Gasteiger charge is 2.09. The van der Waals surface area contributed by atoms with E-state index in [1.54, 1.807) is 6.92 Å². The number of rotatable bonds is 7. The summed E-state index contributed by atoms with van der Waals surface area (Å²) in [7, 11) is 0. The van der Waals surface area contributed by atoms with Gasteiger partial charge in [0, 0.05) is 12.2 Å². The van der Waals surface area contributed by atoms with Crippen molar-refractivity contribution in [3.8, 4) is 5.75 Å². The molecule has 0 saturated heterocycles. The van der Waals surface area contributed by atoms with Gasteiger partial charge in [-0.1, -0.05) is 19.0 Å². The van der Waals surface area contributed by atoms with E-state index >= 15 is 0 Å². The van der Waals surface area contributed by atoms with Crippen LogP contribution in [0.2, 0.25) is 0 Å². The maximum Gasteiger partial charge on any atom is 0.128 e. The van der Waals surface area contributed by atoms with Crippen LogP contribution < -0.4 is 4.74 Å². The van der Waals surface area contributed by atoms with E-state index in [1.165, 1.54) is 18.2 Å². The van der Waals surface area contributed by atoms with E-state index in [9.17, 15) is 4.39 Å². The van der Waals surface area contributed by atoms with Crippen molar-refractivity contribution in [2.45, 2.75) is 20.8 Å². The van der Waals surface area contributed by atoms with Crippen molar-refractivity contribution < 1.29 is 19.1 Å². The molecule has 0 bridgehead atoms. The molecule has 1 rings (SSSR count). The van der Waals surface area contributed by atoms with Crippen molar-refractivity contribution in [2.24, 2.45) is 11.1 Å². The zero-order valence-electron chi connectivity index (χ0n) is 11.5. The molecule has 0 atom stereocenters. The van der Waals surface area contributed by atoms with Gasteiger partial charge in [0.2, 0.25) is 0 Å². The first kappa shape index (κ1) is 15.4. The highest BCUT2D eigenvalue weighted by Crippen LogP contribution is 2.20. The second-order valence-corrected chi connectivity index (χ2v) is 4.64. The molecule has 106 valence electrons. The Balaban J connectivity index is 2.58. The summed E-state index contributed by atoms with van der Waals surface area (Å²) in [6, 6.07) is 4.10. The lowest BCUT2D eigenvalue weighted by molar-refractivity contribution is 0.0818. The predicted molar refractivity (Wildman–Crippen MR) is 71.5 cm³/mol. The molecule has 0 aromatic heterocycles. The minimum Gasteiger partial charge on any atom is -0.490 e. The van der Waals surface area contributed by atoms with Crippen molar-refractivity contribution in [2.75, 3.05) is 19.8 Å². The minimum atomic E-state index is -0.401. The molecule has 0 amide bonds. The number of ether oxygens (including phenoxy) is 2. The van der Waals surface area contributed by atoms with Gasteiger partial charge >= 0.3 is 0 Å². The van der Waals surface area contributed by atoms with Gasteiger partial charge in [0.15, 0.2) is 0 Å². The third-order valence-electron chi connectivity index (χ3n) is 2.42. The Hall–Kier alpha value is -1.62. The average Bonchev–Trinajstić information content (AvgIpc) is 2.38. The average molecular weight is 269 g/mol. The molecule has 1 aromatic rings. The van der Waals surface area contributed by atoms with E-state index in [4.69, 9.17) is 14.7 Å². The van der Waals surface area contributed by atoms with Crippen molar-refractivity contribution in [3.63, 3.8) is 0 Å². The molecule has 0 heterocycles. The number of hydrogen-bond acceptors (Lipinski definition) is 4. The largest absolute Gasteiger partial charge is 0.490 e. The molecular formula is C14H20FNO3. The van der Waals surface area contributed by atoms with E-state index < -0.39 is 5.82 Å². The standard InChI is InChI=1S/C14H20FNO3/c1-10(2)9-18-6-7-19-14-5-4-12(15)8-13(14)11(3)16-17/h4-5,8,10,17H,6-7,9H2,1-3H3/b16-11+. The van der Waals surface area contributed by atoms with Crippen LogP contribution in [0, 0.1) is 11.7 Å². The molecule has 0 aliphatic rings. The molecule has 4 nitrogen and oxygen atoms in total. The summed E-state index contributed by atoms with van der Waals surface area (Å²) in [5, 5.41) is 11.8. The fourth-order valence-corrected chi connectivity index (χ4v) is 1.49. The minimum absolute atomic E-state index is 0.303. The van der Waals surface area contributed by atoms with Crippen LogP contribution >= 0.6 is 0 Å². The van der Waals surface area contributed by atoms with Crippen molar-refractivity contribution >= 4 is 5.71 Å². The van der Waals surface area contributed by atoms with Crippen LogP contribution in [0.3, 0.4) is 0 Å². The number of benzene rings is 1. The zero-order chi connectivity index (χ0) is 14.3. The normalized spacial score (nSPS) is 11.9. The lowest BCUT2D eigenvalue weighted by Gasteiger charge is -2.12. The zero-order valence-corrected chi connectivity index (χ0v) is 11.5. The van der Waals surface area contributed by atoms with Crippen molar-refractivity contribution in [1.82, 2.24) is 0 Å². The Labute approximate surface area is 112 Å². The van der Waals surface area contributed by atoms with Crippen molar-refractivity contribution in [1.29, 1.82) is 0 Å². The van der Waals surface area contributed by atoms with Crippen LogP contribution in [0.1, 0.15) is 26.3 Å². The maximum absolute atomic E-state index is 13.2. The van der Waals surface area contributed by atoms with Crippen LogP contribution in [0.4, 0.5) is 4.39 Å². The molecule has 0 aliphatic carbocycles. The fourth-order valence-electron chi connectivity index (χ4n) is 1.49. The van der Waals surface area contributed by atoms with Crippen LogP contribution in [-0.4, -0.2) is 30.7 Å². The van der Waals surface area contributed by atoms with Gasteiger partial charge < -0.3 is 14.7 Å². The summed E-state index contributed by atoms with van der Waals surface area (Å²) >= 11 is 0. The van der Waals surface area contributed by atoms with E-state index in [1.807, 2.05) is 0 Å². The Morgan fingerprint density at radius 3 is 2.74 bits per heavy atom. The van der Waals surface area contributed by atoms with Gasteiger partial charge in [0.25, 0.3) is 0 Å². The van der Waals surface area contributed by atoms with Gasteiger partial charge in [0.1, 0.15) is 18.2 Å². The van der Waals surface area contributed by atoms with E-state index in [2.05, 4.69) is 19.0 Å². The first-order valence-corrected chi connectivity index (χ1v) is 6.23. The number of nitrogens with zero attached hydrogens (tertiary/aromatic N) is 1. The summed E-state index contributed by atoms with van der Waals surface area (Å²) in [6.07, 6.45) is 0.